The van der Waals surface area contributed by atoms with Crippen molar-refractivity contribution in [2.24, 2.45) is 0 Å². The van der Waals surface area contributed by atoms with Crippen LogP contribution >= 0.6 is 0 Å². The number of ether oxygens (including phenoxy) is 2. The van der Waals surface area contributed by atoms with Gasteiger partial charge in [-0.3, -0.25) is 4.90 Å². The van der Waals surface area contributed by atoms with Crippen LogP contribution in [-0.4, -0.2) is 35.8 Å². The molecule has 0 bridgehead atoms. The molecular weight excluding hydrogens is 318 g/mol. The minimum Gasteiger partial charge on any atom is -0.493 e. The van der Waals surface area contributed by atoms with E-state index in [0.29, 0.717) is 18.5 Å². The molecule has 1 unspecified atom stereocenters. The molecule has 0 radical (unpaired) electrons. The maximum Gasteiger partial charge on any atom is 0.240 e. The van der Waals surface area contributed by atoms with Crippen LogP contribution in [0.1, 0.15) is 56.9 Å². The van der Waals surface area contributed by atoms with Gasteiger partial charge in [-0.2, -0.15) is 4.98 Å². The Hall–Kier alpha value is -2.08. The van der Waals surface area contributed by atoms with Gasteiger partial charge in [0, 0.05) is 11.5 Å². The van der Waals surface area contributed by atoms with Crippen LogP contribution in [0.3, 0.4) is 0 Å². The smallest absolute Gasteiger partial charge is 0.240 e. The van der Waals surface area contributed by atoms with E-state index in [4.69, 9.17) is 14.0 Å². The molecule has 1 aromatic heterocycles. The molecular formula is C19H27N3O3. The molecule has 0 spiro atoms. The number of likely N-dealkylation sites (tertiary alicyclic amines) is 1. The second-order valence-corrected chi connectivity index (χ2v) is 7.50. The van der Waals surface area contributed by atoms with E-state index in [1.807, 2.05) is 6.07 Å². The third-order valence-corrected chi connectivity index (χ3v) is 4.63. The molecule has 1 aliphatic rings. The quantitative estimate of drug-likeness (QED) is 0.823. The fraction of sp³-hybridized carbons (Fsp3) is 0.579. The fourth-order valence-corrected chi connectivity index (χ4v) is 3.25. The Morgan fingerprint density at radius 1 is 1.20 bits per heavy atom. The standard InChI is InChI=1S/C19H27N3O3/c1-19(2,3)18-20-17(25-21-18)12-22-10-6-7-14(22)13-8-9-15(23-4)16(11-13)24-5/h8-9,11,14H,6-7,10,12H2,1-5H3. The van der Waals surface area contributed by atoms with Gasteiger partial charge in [-0.25, -0.2) is 0 Å². The Morgan fingerprint density at radius 3 is 2.60 bits per heavy atom. The van der Waals surface area contributed by atoms with Crippen LogP contribution in [-0.2, 0) is 12.0 Å². The Balaban J connectivity index is 1.78. The number of aromatic nitrogens is 2. The lowest BCUT2D eigenvalue weighted by Gasteiger charge is -2.24. The summed E-state index contributed by atoms with van der Waals surface area (Å²) in [4.78, 5) is 6.96. The average Bonchev–Trinajstić information content (AvgIpc) is 3.23. The molecule has 1 aromatic carbocycles. The van der Waals surface area contributed by atoms with Crippen molar-refractivity contribution in [2.75, 3.05) is 20.8 Å². The number of benzene rings is 1. The van der Waals surface area contributed by atoms with E-state index in [1.165, 1.54) is 5.56 Å². The second-order valence-electron chi connectivity index (χ2n) is 7.50. The zero-order valence-corrected chi connectivity index (χ0v) is 15.7. The number of nitrogens with zero attached hydrogens (tertiary/aromatic N) is 3. The predicted molar refractivity (Wildman–Crippen MR) is 94.9 cm³/mol. The van der Waals surface area contributed by atoms with Gasteiger partial charge in [-0.05, 0) is 37.1 Å². The maximum atomic E-state index is 5.47. The van der Waals surface area contributed by atoms with Crippen molar-refractivity contribution in [1.82, 2.24) is 15.0 Å². The molecule has 6 nitrogen and oxygen atoms in total. The highest BCUT2D eigenvalue weighted by atomic mass is 16.5. The van der Waals surface area contributed by atoms with Gasteiger partial charge in [0.2, 0.25) is 5.89 Å². The molecule has 1 atom stereocenters. The summed E-state index contributed by atoms with van der Waals surface area (Å²) >= 11 is 0. The first-order valence-electron chi connectivity index (χ1n) is 8.71. The monoisotopic (exact) mass is 345 g/mol. The van der Waals surface area contributed by atoms with Crippen molar-refractivity contribution in [2.45, 2.75) is 51.6 Å². The first kappa shape index (κ1) is 17.7. The van der Waals surface area contributed by atoms with Gasteiger partial charge < -0.3 is 14.0 Å². The molecule has 1 saturated heterocycles. The molecule has 0 amide bonds. The summed E-state index contributed by atoms with van der Waals surface area (Å²) in [6.07, 6.45) is 2.26. The maximum absolute atomic E-state index is 5.47. The number of rotatable bonds is 5. The van der Waals surface area contributed by atoms with Crippen molar-refractivity contribution < 1.29 is 14.0 Å². The van der Waals surface area contributed by atoms with E-state index in [1.54, 1.807) is 14.2 Å². The third-order valence-electron chi connectivity index (χ3n) is 4.63. The predicted octanol–water partition coefficient (Wildman–Crippen LogP) is 3.72. The van der Waals surface area contributed by atoms with Crippen LogP contribution in [0.25, 0.3) is 0 Å². The third kappa shape index (κ3) is 3.79. The molecule has 2 heterocycles. The first-order valence-corrected chi connectivity index (χ1v) is 8.71. The zero-order valence-electron chi connectivity index (χ0n) is 15.7. The summed E-state index contributed by atoms with van der Waals surface area (Å²) < 4.78 is 16.3. The molecule has 25 heavy (non-hydrogen) atoms. The highest BCUT2D eigenvalue weighted by molar-refractivity contribution is 5.44. The molecule has 6 heteroatoms. The Kier molecular flexibility index (Phi) is 4.99. The fourth-order valence-electron chi connectivity index (χ4n) is 3.25. The summed E-state index contributed by atoms with van der Waals surface area (Å²) in [5.74, 6) is 2.95. The average molecular weight is 345 g/mol. The van der Waals surface area contributed by atoms with Crippen molar-refractivity contribution in [3.63, 3.8) is 0 Å². The molecule has 0 saturated carbocycles. The number of methoxy groups -OCH3 is 2. The lowest BCUT2D eigenvalue weighted by atomic mass is 9.96. The summed E-state index contributed by atoms with van der Waals surface area (Å²) in [7, 11) is 3.32. The first-order chi connectivity index (χ1) is 11.9. The normalized spacial score (nSPS) is 18.5. The highest BCUT2D eigenvalue weighted by Gasteiger charge is 2.29. The van der Waals surface area contributed by atoms with Gasteiger partial charge in [0.05, 0.1) is 20.8 Å². The van der Waals surface area contributed by atoms with Crippen LogP contribution in [0.5, 0.6) is 11.5 Å². The molecule has 2 aromatic rings. The van der Waals surface area contributed by atoms with Crippen LogP contribution in [0.2, 0.25) is 0 Å². The minimum atomic E-state index is -0.102. The van der Waals surface area contributed by atoms with Gasteiger partial charge in [0.15, 0.2) is 17.3 Å². The lowest BCUT2D eigenvalue weighted by molar-refractivity contribution is 0.211. The Bertz CT molecular complexity index is 721. The summed E-state index contributed by atoms with van der Waals surface area (Å²) in [5.41, 5.74) is 1.13. The minimum absolute atomic E-state index is 0.102. The highest BCUT2D eigenvalue weighted by Crippen LogP contribution is 2.37. The van der Waals surface area contributed by atoms with E-state index in [2.05, 4.69) is 47.9 Å². The summed E-state index contributed by atoms with van der Waals surface area (Å²) in [5, 5.41) is 4.13. The van der Waals surface area contributed by atoms with E-state index in [9.17, 15) is 0 Å². The summed E-state index contributed by atoms with van der Waals surface area (Å²) in [6, 6.07) is 6.47. The largest absolute Gasteiger partial charge is 0.493 e. The number of hydrogen-bond donors (Lipinski definition) is 0. The Labute approximate surface area is 149 Å². The van der Waals surface area contributed by atoms with Crippen LogP contribution < -0.4 is 9.47 Å². The second kappa shape index (κ2) is 7.04. The van der Waals surface area contributed by atoms with Crippen molar-refractivity contribution in [1.29, 1.82) is 0 Å². The van der Waals surface area contributed by atoms with E-state index >= 15 is 0 Å². The topological polar surface area (TPSA) is 60.6 Å². The molecule has 136 valence electrons. The van der Waals surface area contributed by atoms with Crippen LogP contribution in [0.15, 0.2) is 22.7 Å². The van der Waals surface area contributed by atoms with Crippen molar-refractivity contribution >= 4 is 0 Å². The van der Waals surface area contributed by atoms with Crippen LogP contribution in [0.4, 0.5) is 0 Å². The van der Waals surface area contributed by atoms with Gasteiger partial charge in [-0.1, -0.05) is 32.0 Å². The van der Waals surface area contributed by atoms with Gasteiger partial charge in [-0.15, -0.1) is 0 Å². The van der Waals surface area contributed by atoms with Crippen molar-refractivity contribution in [3.8, 4) is 11.5 Å². The number of hydrogen-bond acceptors (Lipinski definition) is 6. The molecule has 0 N–H and O–H groups in total. The Morgan fingerprint density at radius 2 is 1.96 bits per heavy atom. The van der Waals surface area contributed by atoms with Gasteiger partial charge >= 0.3 is 0 Å². The molecule has 1 fully saturated rings. The van der Waals surface area contributed by atoms with Gasteiger partial charge in [0.1, 0.15) is 0 Å². The van der Waals surface area contributed by atoms with E-state index < -0.39 is 0 Å². The van der Waals surface area contributed by atoms with E-state index in [0.717, 1.165) is 36.7 Å². The summed E-state index contributed by atoms with van der Waals surface area (Å²) in [6.45, 7) is 7.95. The SMILES string of the molecule is COc1ccc(C2CCCN2Cc2nc(C(C)(C)C)no2)cc1OC. The zero-order chi connectivity index (χ0) is 18.0. The van der Waals surface area contributed by atoms with Crippen molar-refractivity contribution in [3.05, 3.63) is 35.5 Å². The van der Waals surface area contributed by atoms with Gasteiger partial charge in [0.25, 0.3) is 0 Å². The van der Waals surface area contributed by atoms with E-state index in [-0.39, 0.29) is 5.41 Å². The molecule has 3 rings (SSSR count). The molecule has 0 aliphatic carbocycles. The lowest BCUT2D eigenvalue weighted by Crippen LogP contribution is -2.23. The molecule has 1 aliphatic heterocycles. The van der Waals surface area contributed by atoms with Crippen LogP contribution in [0, 0.1) is 0 Å².